The zero-order chi connectivity index (χ0) is 15.8. The van der Waals surface area contributed by atoms with Gasteiger partial charge in [0.15, 0.2) is 0 Å². The second-order valence-electron chi connectivity index (χ2n) is 4.02. The second kappa shape index (κ2) is 5.00. The largest absolute Gasteiger partial charge is 0.573 e. The number of nitrogens with two attached hydrogens (primary N) is 1. The smallest absolute Gasteiger partial charge is 0.464 e. The Hall–Kier alpha value is -2.71. The summed E-state index contributed by atoms with van der Waals surface area (Å²) in [6.07, 6.45) is -4.95. The highest BCUT2D eigenvalue weighted by atomic mass is 19.4. The Kier molecular flexibility index (Phi) is 3.50. The molecule has 1 aromatic carbocycles. The number of carbonyl (C=O) groups excluding carboxylic acids is 2. The van der Waals surface area contributed by atoms with Gasteiger partial charge in [0, 0.05) is 10.9 Å². The van der Waals surface area contributed by atoms with Crippen molar-refractivity contribution in [1.29, 1.82) is 0 Å². The minimum Gasteiger partial charge on any atom is -0.464 e. The Morgan fingerprint density at radius 2 is 1.90 bits per heavy atom. The Balaban J connectivity index is 2.65. The van der Waals surface area contributed by atoms with Gasteiger partial charge in [-0.25, -0.2) is 4.79 Å². The number of amides is 1. The van der Waals surface area contributed by atoms with Gasteiger partial charge in [-0.3, -0.25) is 4.79 Å². The van der Waals surface area contributed by atoms with Crippen LogP contribution >= 0.6 is 0 Å². The van der Waals surface area contributed by atoms with E-state index in [1.807, 2.05) is 0 Å². The number of nitrogens with one attached hydrogen (secondary N) is 1. The topological polar surface area (TPSA) is 94.4 Å². The number of aromatic amines is 1. The molecule has 6 nitrogen and oxygen atoms in total. The van der Waals surface area contributed by atoms with Crippen molar-refractivity contribution in [2.75, 3.05) is 7.11 Å². The maximum Gasteiger partial charge on any atom is 0.573 e. The van der Waals surface area contributed by atoms with Gasteiger partial charge >= 0.3 is 12.3 Å². The molecule has 0 atom stereocenters. The average molecular weight is 302 g/mol. The number of ether oxygens (including phenoxy) is 2. The number of rotatable bonds is 3. The zero-order valence-corrected chi connectivity index (χ0v) is 10.6. The van der Waals surface area contributed by atoms with Crippen molar-refractivity contribution in [3.63, 3.8) is 0 Å². The molecule has 112 valence electrons. The maximum atomic E-state index is 12.4. The summed E-state index contributed by atoms with van der Waals surface area (Å²) in [4.78, 5) is 25.1. The Bertz CT molecular complexity index is 721. The van der Waals surface area contributed by atoms with Crippen LogP contribution in [-0.4, -0.2) is 30.3 Å². The first kappa shape index (κ1) is 14.7. The Morgan fingerprint density at radius 3 is 2.43 bits per heavy atom. The van der Waals surface area contributed by atoms with Crippen LogP contribution in [0.4, 0.5) is 13.2 Å². The highest BCUT2D eigenvalue weighted by Gasteiger charge is 2.32. The van der Waals surface area contributed by atoms with Crippen LogP contribution in [0.5, 0.6) is 5.75 Å². The average Bonchev–Trinajstić information content (AvgIpc) is 2.80. The number of alkyl halides is 3. The Morgan fingerprint density at radius 1 is 1.24 bits per heavy atom. The van der Waals surface area contributed by atoms with Gasteiger partial charge in [0.25, 0.3) is 0 Å². The minimum absolute atomic E-state index is 0.0299. The van der Waals surface area contributed by atoms with Crippen LogP contribution in [0, 0.1) is 0 Å². The molecule has 2 aromatic rings. The van der Waals surface area contributed by atoms with E-state index in [9.17, 15) is 22.8 Å². The summed E-state index contributed by atoms with van der Waals surface area (Å²) in [5.41, 5.74) is 4.86. The molecular weight excluding hydrogens is 293 g/mol. The molecule has 0 spiro atoms. The molecule has 0 aliphatic rings. The van der Waals surface area contributed by atoms with E-state index in [1.165, 1.54) is 6.07 Å². The van der Waals surface area contributed by atoms with Crippen LogP contribution in [0.1, 0.15) is 20.8 Å². The van der Waals surface area contributed by atoms with Crippen LogP contribution in [0.3, 0.4) is 0 Å². The Labute approximate surface area is 115 Å². The molecule has 0 bridgehead atoms. The molecule has 0 unspecified atom stereocenters. The first-order chi connectivity index (χ1) is 9.71. The van der Waals surface area contributed by atoms with Gasteiger partial charge in [-0.05, 0) is 18.2 Å². The van der Waals surface area contributed by atoms with Gasteiger partial charge in [-0.15, -0.1) is 13.2 Å². The molecule has 0 saturated carbocycles. The first-order valence-electron chi connectivity index (χ1n) is 5.52. The number of esters is 1. The summed E-state index contributed by atoms with van der Waals surface area (Å²) >= 11 is 0. The van der Waals surface area contributed by atoms with Gasteiger partial charge in [0.05, 0.1) is 12.6 Å². The summed E-state index contributed by atoms with van der Waals surface area (Å²) in [6, 6.07) is 3.20. The number of hydrogen-bond donors (Lipinski definition) is 2. The highest BCUT2D eigenvalue weighted by molar-refractivity contribution is 6.02. The summed E-state index contributed by atoms with van der Waals surface area (Å²) in [7, 11) is 1.12. The molecule has 0 radical (unpaired) electrons. The summed E-state index contributed by atoms with van der Waals surface area (Å²) in [5.74, 6) is -2.34. The van der Waals surface area contributed by atoms with Crippen molar-refractivity contribution in [1.82, 2.24) is 4.98 Å². The SMILES string of the molecule is COC(=O)c1cc2c(OC(F)(F)F)cc(C(N)=O)cc2[nH]1. The fourth-order valence-corrected chi connectivity index (χ4v) is 1.78. The van der Waals surface area contributed by atoms with E-state index in [4.69, 9.17) is 5.73 Å². The molecule has 1 heterocycles. The quantitative estimate of drug-likeness (QED) is 0.847. The second-order valence-corrected chi connectivity index (χ2v) is 4.02. The summed E-state index contributed by atoms with van der Waals surface area (Å²) in [5, 5.41) is -0.0299. The molecule has 0 fully saturated rings. The third kappa shape index (κ3) is 3.07. The van der Waals surface area contributed by atoms with Crippen molar-refractivity contribution in [2.45, 2.75) is 6.36 Å². The third-order valence-corrected chi connectivity index (χ3v) is 2.62. The highest BCUT2D eigenvalue weighted by Crippen LogP contribution is 2.32. The van der Waals surface area contributed by atoms with E-state index in [1.54, 1.807) is 0 Å². The van der Waals surface area contributed by atoms with Crippen LogP contribution in [-0.2, 0) is 4.74 Å². The van der Waals surface area contributed by atoms with Crippen molar-refractivity contribution in [3.8, 4) is 5.75 Å². The van der Waals surface area contributed by atoms with E-state index < -0.39 is 24.0 Å². The number of aromatic nitrogens is 1. The molecule has 1 amide bonds. The molecule has 9 heteroatoms. The molecule has 0 aliphatic heterocycles. The monoisotopic (exact) mass is 302 g/mol. The van der Waals surface area contributed by atoms with Crippen molar-refractivity contribution in [2.24, 2.45) is 5.73 Å². The predicted octanol–water partition coefficient (Wildman–Crippen LogP) is 1.95. The van der Waals surface area contributed by atoms with Crippen molar-refractivity contribution < 1.29 is 32.2 Å². The lowest BCUT2D eigenvalue weighted by atomic mass is 10.1. The van der Waals surface area contributed by atoms with Gasteiger partial charge in [-0.2, -0.15) is 0 Å². The minimum atomic E-state index is -4.95. The molecule has 0 aliphatic carbocycles. The number of halogens is 3. The predicted molar refractivity (Wildman–Crippen MR) is 64.8 cm³/mol. The standard InChI is InChI=1S/C12H9F3N2O4/c1-20-11(19)8-4-6-7(17-8)2-5(10(16)18)3-9(6)21-12(13,14)15/h2-4,17H,1H3,(H2,16,18). The van der Waals surface area contributed by atoms with Crippen LogP contribution in [0.25, 0.3) is 10.9 Å². The molecule has 2 rings (SSSR count). The van der Waals surface area contributed by atoms with Gasteiger partial charge < -0.3 is 20.2 Å². The fourth-order valence-electron chi connectivity index (χ4n) is 1.78. The number of primary amides is 1. The zero-order valence-electron chi connectivity index (χ0n) is 10.6. The maximum absolute atomic E-state index is 12.4. The van der Waals surface area contributed by atoms with Crippen LogP contribution in [0.2, 0.25) is 0 Å². The van der Waals surface area contributed by atoms with Crippen molar-refractivity contribution >= 4 is 22.8 Å². The van der Waals surface area contributed by atoms with Crippen LogP contribution < -0.4 is 10.5 Å². The number of methoxy groups -OCH3 is 1. The normalized spacial score (nSPS) is 11.4. The summed E-state index contributed by atoms with van der Waals surface area (Å²) < 4.78 is 45.5. The van der Waals surface area contributed by atoms with Crippen molar-refractivity contribution in [3.05, 3.63) is 29.5 Å². The number of hydrogen-bond acceptors (Lipinski definition) is 4. The molecule has 1 aromatic heterocycles. The molecule has 21 heavy (non-hydrogen) atoms. The van der Waals surface area contributed by atoms with Gasteiger partial charge in [-0.1, -0.05) is 0 Å². The van der Waals surface area contributed by atoms with E-state index in [2.05, 4.69) is 14.5 Å². The van der Waals surface area contributed by atoms with Gasteiger partial charge in [0.1, 0.15) is 11.4 Å². The summed E-state index contributed by atoms with van der Waals surface area (Å²) in [6.45, 7) is 0. The van der Waals surface area contributed by atoms with Gasteiger partial charge in [0.2, 0.25) is 5.91 Å². The van der Waals surface area contributed by atoms with E-state index in [0.717, 1.165) is 19.2 Å². The third-order valence-electron chi connectivity index (χ3n) is 2.62. The lowest BCUT2D eigenvalue weighted by molar-refractivity contribution is -0.274. The number of fused-ring (bicyclic) bond motifs is 1. The van der Waals surface area contributed by atoms with E-state index >= 15 is 0 Å². The van der Waals surface area contributed by atoms with E-state index in [-0.39, 0.29) is 22.2 Å². The number of carbonyl (C=O) groups is 2. The number of H-pyrrole nitrogens is 1. The fraction of sp³-hybridized carbons (Fsp3) is 0.167. The molecule has 0 saturated heterocycles. The number of benzene rings is 1. The lowest BCUT2D eigenvalue weighted by Gasteiger charge is -2.10. The first-order valence-corrected chi connectivity index (χ1v) is 5.52. The molecule has 3 N–H and O–H groups in total. The molecular formula is C12H9F3N2O4. The van der Waals surface area contributed by atoms with E-state index in [0.29, 0.717) is 0 Å². The van der Waals surface area contributed by atoms with Crippen LogP contribution in [0.15, 0.2) is 18.2 Å². The lowest BCUT2D eigenvalue weighted by Crippen LogP contribution is -2.18.